The van der Waals surface area contributed by atoms with Gasteiger partial charge >= 0.3 is 60.0 Å². The van der Waals surface area contributed by atoms with Crippen LogP contribution in [-0.2, 0) is 79.7 Å². The summed E-state index contributed by atoms with van der Waals surface area (Å²) in [5.41, 5.74) is 0. The number of aliphatic hydroxyl groups excluding tert-OH is 1. The van der Waals surface area contributed by atoms with Crippen molar-refractivity contribution in [2.24, 2.45) is 0 Å². The molecule has 1 fully saturated rings. The van der Waals surface area contributed by atoms with E-state index >= 15 is 0 Å². The van der Waals surface area contributed by atoms with Crippen molar-refractivity contribution in [3.8, 4) is 0 Å². The van der Waals surface area contributed by atoms with Crippen LogP contribution in [0.1, 0.15) is 13.8 Å². The molecular formula is C45H116O20P2Si10. The zero-order valence-corrected chi connectivity index (χ0v) is 65.0. The molecule has 0 aromatic carbocycles. The van der Waals surface area contributed by atoms with Gasteiger partial charge in [0.15, 0.2) is 42.3 Å². The molecule has 1 rings (SSSR count). The fourth-order valence-corrected chi connectivity index (χ4v) is 52.3. The molecule has 0 aromatic rings. The first-order valence-corrected chi connectivity index (χ1v) is 56.8. The summed E-state index contributed by atoms with van der Waals surface area (Å²) in [6.07, 6.45) is 0.712. The van der Waals surface area contributed by atoms with Crippen LogP contribution in [0.2, 0.25) is 131 Å². The van der Waals surface area contributed by atoms with Crippen molar-refractivity contribution in [3.63, 3.8) is 0 Å². The van der Waals surface area contributed by atoms with Gasteiger partial charge in [-0.3, -0.25) is 0 Å². The average Bonchev–Trinajstić information content (AvgIpc) is 4.09. The number of ether oxygens (including phenoxy) is 5. The lowest BCUT2D eigenvalue weighted by Crippen LogP contribution is -2.64. The van der Waals surface area contributed by atoms with Gasteiger partial charge in [-0.2, -0.15) is 4.67 Å². The molecule has 20 nitrogen and oxygen atoms in total. The molecule has 0 amide bonds. The number of rotatable bonds is 37. The second kappa shape index (κ2) is 45.5. The van der Waals surface area contributed by atoms with Crippen LogP contribution < -0.4 is 0 Å². The highest BCUT2D eigenvalue weighted by Gasteiger charge is 2.51. The van der Waals surface area contributed by atoms with E-state index in [9.17, 15) is 10.00 Å². The van der Waals surface area contributed by atoms with Gasteiger partial charge in [0.05, 0.1) is 44.7 Å². The Labute approximate surface area is 484 Å². The Morgan fingerprint density at radius 1 is 0.481 bits per heavy atom. The predicted molar refractivity (Wildman–Crippen MR) is 344 cm³/mol. The minimum atomic E-state index is -2.92. The van der Waals surface area contributed by atoms with Crippen LogP contribution >= 0.6 is 17.6 Å². The summed E-state index contributed by atoms with van der Waals surface area (Å²) in [7, 11) is -20.9. The highest BCUT2D eigenvalue weighted by molar-refractivity contribution is 7.40. The van der Waals surface area contributed by atoms with Crippen molar-refractivity contribution < 1.29 is 89.7 Å². The van der Waals surface area contributed by atoms with E-state index in [1.54, 1.807) is 14.2 Å². The predicted octanol–water partition coefficient (Wildman–Crippen LogP) is 12.0. The van der Waals surface area contributed by atoms with Gasteiger partial charge in [-0.25, -0.2) is 4.89 Å². The maximum absolute atomic E-state index is 10.1. The molecule has 0 saturated carbocycles. The standard InChI is InChI=1S/C18H49O11PSi5.C17H44O7Si5.C2H7O2P.4C2H4/c1-13-22-16-35(12,28-33(9,10)26-31(3,4)5)29-34(11,27-32(6,7)8)17-23-14-18(19)15-24-25-30(20)21-2;1-12-18-15-29(11,23-27(8,9)21-25(2,3)4)24-28(10,22-26(5,6)7)16-19-13-17-14-20-17;1-3-5-4-2;4*1-2/h18-20H,13-17H2,1-12H3;17H,12-16H2,1-11H3;5H,1-2H3;4*1-2H2. The number of epoxide rings is 1. The van der Waals surface area contributed by atoms with Crippen LogP contribution in [-0.4, -0.2) is 193 Å². The fraction of sp³-hybridized carbons (Fsp3) is 0.822. The Hall–Kier alpha value is 1.19. The van der Waals surface area contributed by atoms with Gasteiger partial charge in [-0.05, 0) is 145 Å². The zero-order valence-electron chi connectivity index (χ0n) is 53.1. The van der Waals surface area contributed by atoms with Gasteiger partial charge < -0.3 is 80.2 Å². The third-order valence-corrected chi connectivity index (χ3v) is 42.8. The van der Waals surface area contributed by atoms with E-state index in [-0.39, 0.29) is 34.6 Å². The molecule has 466 valence electrons. The topological polar surface area (TPSA) is 210 Å². The van der Waals surface area contributed by atoms with Gasteiger partial charge in [-0.15, -0.1) is 52.6 Å². The van der Waals surface area contributed by atoms with Crippen molar-refractivity contribution in [1.82, 2.24) is 0 Å². The second-order valence-electron chi connectivity index (χ2n) is 21.8. The smallest absolute Gasteiger partial charge is 0.359 e. The Kier molecular flexibility index (Phi) is 52.9. The van der Waals surface area contributed by atoms with Gasteiger partial charge in [-0.1, -0.05) is 0 Å². The van der Waals surface area contributed by atoms with E-state index in [4.69, 9.17) is 61.5 Å². The van der Waals surface area contributed by atoms with E-state index in [0.717, 1.165) is 6.61 Å². The molecule has 32 heteroatoms. The normalized spacial score (nSPS) is 17.6. The van der Waals surface area contributed by atoms with Crippen LogP contribution in [0, 0.1) is 0 Å². The van der Waals surface area contributed by atoms with Crippen LogP contribution in [0.25, 0.3) is 0 Å². The first-order chi connectivity index (χ1) is 35.1. The van der Waals surface area contributed by atoms with E-state index in [0.29, 0.717) is 38.5 Å². The van der Waals surface area contributed by atoms with Crippen molar-refractivity contribution in [2.45, 2.75) is 157 Å². The molecule has 7 atom stereocenters. The molecule has 1 aliphatic heterocycles. The molecule has 0 radical (unpaired) electrons. The molecule has 0 bridgehead atoms. The Balaban J connectivity index is -0.000000270. The monoisotopic (exact) mass is 1320 g/mol. The molecule has 1 aliphatic rings. The van der Waals surface area contributed by atoms with Crippen LogP contribution in [0.4, 0.5) is 0 Å². The molecule has 2 N–H and O–H groups in total. The highest BCUT2D eigenvalue weighted by Crippen LogP contribution is 2.32. The third kappa shape index (κ3) is 58.7. The third-order valence-electron chi connectivity index (χ3n) is 7.52. The number of hydrogen-bond donors (Lipinski definition) is 2. The summed E-state index contributed by atoms with van der Waals surface area (Å²) >= 11 is 0. The first kappa shape index (κ1) is 89.4. The van der Waals surface area contributed by atoms with Crippen molar-refractivity contribution in [3.05, 3.63) is 52.6 Å². The van der Waals surface area contributed by atoms with Gasteiger partial charge in [0, 0.05) is 34.5 Å². The van der Waals surface area contributed by atoms with Gasteiger partial charge in [0.25, 0.3) is 0 Å². The lowest BCUT2D eigenvalue weighted by Gasteiger charge is -2.43. The molecular weight excluding hydrogens is 1200 g/mol. The minimum Gasteiger partial charge on any atom is -0.437 e. The lowest BCUT2D eigenvalue weighted by molar-refractivity contribution is -0.233. The average molecular weight is 1320 g/mol. The van der Waals surface area contributed by atoms with Crippen LogP contribution in [0.5, 0.6) is 0 Å². The van der Waals surface area contributed by atoms with Crippen molar-refractivity contribution in [2.75, 3.05) is 85.9 Å². The molecule has 0 aliphatic carbocycles. The zero-order chi connectivity index (χ0) is 62.2. The molecule has 0 aromatic heterocycles. The first-order valence-electron chi connectivity index (χ1n) is 25.5. The summed E-state index contributed by atoms with van der Waals surface area (Å²) in [5, 5.41) is 10.1. The van der Waals surface area contributed by atoms with Gasteiger partial charge in [0.2, 0.25) is 0 Å². The SMILES string of the molecule is C=C.C=C.C=C.C=C.CCOC[Si](C)(O[Si](C)(C)O[Si](C)(C)C)O[Si](C)(COCC(O)COOP(O)OC)O[Si](C)(C)C.CCOC[Si](C)(O[Si](C)(C)O[Si](C)(C)C)O[Si](C)(COCC1CO1)O[Si](C)(C)C.COPOC. The summed E-state index contributed by atoms with van der Waals surface area (Å²) in [6, 6.07) is 0. The number of aliphatic hydroxyl groups is 1. The van der Waals surface area contributed by atoms with E-state index < -0.39 is 99.3 Å². The minimum absolute atomic E-state index is 0.0235. The Bertz CT molecular complexity index is 1410. The van der Waals surface area contributed by atoms with Crippen molar-refractivity contribution >= 4 is 102 Å². The summed E-state index contributed by atoms with van der Waals surface area (Å²) in [5.74, 6) is 0. The highest BCUT2D eigenvalue weighted by atomic mass is 31.2. The van der Waals surface area contributed by atoms with Crippen molar-refractivity contribution in [1.29, 1.82) is 0 Å². The summed E-state index contributed by atoms with van der Waals surface area (Å²) < 4.78 is 99.7. The van der Waals surface area contributed by atoms with E-state index in [1.165, 1.54) is 7.11 Å². The van der Waals surface area contributed by atoms with E-state index in [1.807, 2.05) is 40.0 Å². The number of hydrogen-bond acceptors (Lipinski definition) is 20. The van der Waals surface area contributed by atoms with Gasteiger partial charge in [0.1, 0.15) is 18.8 Å². The molecule has 0 spiro atoms. The molecule has 1 heterocycles. The van der Waals surface area contributed by atoms with Crippen LogP contribution in [0.3, 0.4) is 0 Å². The second-order valence-corrected chi connectivity index (χ2v) is 63.0. The fourth-order valence-electron chi connectivity index (χ4n) is 6.90. The maximum atomic E-state index is 10.1. The maximum Gasteiger partial charge on any atom is 0.359 e. The quantitative estimate of drug-likeness (QED) is 0.0148. The Morgan fingerprint density at radius 2 is 0.792 bits per heavy atom. The molecule has 1 saturated heterocycles. The lowest BCUT2D eigenvalue weighted by atomic mass is 10.4. The molecule has 77 heavy (non-hydrogen) atoms. The summed E-state index contributed by atoms with van der Waals surface area (Å²) in [6.45, 7) is 72.5. The molecule has 7 unspecified atom stereocenters. The van der Waals surface area contributed by atoms with E-state index in [2.05, 4.69) is 176 Å². The van der Waals surface area contributed by atoms with Crippen LogP contribution in [0.15, 0.2) is 52.6 Å². The Morgan fingerprint density at radius 3 is 1.06 bits per heavy atom. The largest absolute Gasteiger partial charge is 0.437 e. The summed E-state index contributed by atoms with van der Waals surface area (Å²) in [4.78, 5) is 14.0.